The molecule has 0 amide bonds. The van der Waals surface area contributed by atoms with Crippen molar-refractivity contribution in [3.8, 4) is 0 Å². The van der Waals surface area contributed by atoms with Crippen molar-refractivity contribution in [2.24, 2.45) is 5.73 Å². The number of rotatable bonds is 3. The molecule has 0 aliphatic rings. The summed E-state index contributed by atoms with van der Waals surface area (Å²) in [7, 11) is 0. The van der Waals surface area contributed by atoms with Crippen LogP contribution >= 0.6 is 50.7 Å². The fourth-order valence-electron chi connectivity index (χ4n) is 1.41. The predicted octanol–water partition coefficient (Wildman–Crippen LogP) is 3.83. The Kier molecular flexibility index (Phi) is 4.52. The second-order valence-electron chi connectivity index (χ2n) is 3.52. The number of halogens is 2. The maximum absolute atomic E-state index is 5.66. The van der Waals surface area contributed by atoms with Gasteiger partial charge in [-0.3, -0.25) is 0 Å². The average Bonchev–Trinajstić information content (AvgIpc) is 2.34. The summed E-state index contributed by atoms with van der Waals surface area (Å²) in [5, 5.41) is 3.21. The van der Waals surface area contributed by atoms with Crippen LogP contribution in [0.4, 0.5) is 11.5 Å². The van der Waals surface area contributed by atoms with Crippen LogP contribution < -0.4 is 11.1 Å². The molecule has 0 aliphatic heterocycles. The van der Waals surface area contributed by atoms with Gasteiger partial charge in [-0.2, -0.15) is 0 Å². The van der Waals surface area contributed by atoms with Crippen molar-refractivity contribution in [1.29, 1.82) is 0 Å². The topological polar surface area (TPSA) is 50.9 Å². The Morgan fingerprint density at radius 2 is 2.17 bits per heavy atom. The first-order chi connectivity index (χ1) is 8.58. The molecule has 2 rings (SSSR count). The monoisotopic (exact) mass is 433 g/mol. The number of anilines is 2. The van der Waals surface area contributed by atoms with E-state index in [9.17, 15) is 0 Å². The van der Waals surface area contributed by atoms with Gasteiger partial charge in [-0.25, -0.2) is 4.98 Å². The SMILES string of the molecule is NC(=S)c1cccnc1Nc1ccc(I)c(Br)c1. The zero-order valence-corrected chi connectivity index (χ0v) is 13.7. The molecule has 92 valence electrons. The minimum Gasteiger partial charge on any atom is -0.389 e. The molecule has 1 aromatic heterocycles. The third-order valence-corrected chi connectivity index (χ3v) is 4.81. The fraction of sp³-hybridized carbons (Fsp3) is 0. The van der Waals surface area contributed by atoms with E-state index in [1.165, 1.54) is 0 Å². The van der Waals surface area contributed by atoms with E-state index in [0.29, 0.717) is 10.8 Å². The molecule has 0 atom stereocenters. The molecule has 0 saturated carbocycles. The van der Waals surface area contributed by atoms with Crippen molar-refractivity contribution in [2.75, 3.05) is 5.32 Å². The standard InChI is InChI=1S/C12H9BrIN3S/c13-9-6-7(3-4-10(9)14)17-12-8(11(15)18)2-1-5-16-12/h1-6H,(H2,15,18)(H,16,17). The van der Waals surface area contributed by atoms with Crippen molar-refractivity contribution in [3.63, 3.8) is 0 Å². The Bertz CT molecular complexity index is 604. The summed E-state index contributed by atoms with van der Waals surface area (Å²) in [6.07, 6.45) is 1.70. The van der Waals surface area contributed by atoms with Crippen LogP contribution in [0.5, 0.6) is 0 Å². The molecule has 0 bridgehead atoms. The Balaban J connectivity index is 2.34. The van der Waals surface area contributed by atoms with Crippen molar-refractivity contribution in [2.45, 2.75) is 0 Å². The van der Waals surface area contributed by atoms with Gasteiger partial charge in [-0.05, 0) is 68.9 Å². The highest BCUT2D eigenvalue weighted by atomic mass is 127. The molecule has 0 spiro atoms. The summed E-state index contributed by atoms with van der Waals surface area (Å²) in [5.41, 5.74) is 7.33. The van der Waals surface area contributed by atoms with Crippen molar-refractivity contribution >= 4 is 67.2 Å². The lowest BCUT2D eigenvalue weighted by atomic mass is 10.2. The minimum atomic E-state index is 0.329. The van der Waals surface area contributed by atoms with E-state index in [4.69, 9.17) is 18.0 Å². The van der Waals surface area contributed by atoms with Gasteiger partial charge in [0.1, 0.15) is 10.8 Å². The number of nitrogens with zero attached hydrogens (tertiary/aromatic N) is 1. The summed E-state index contributed by atoms with van der Waals surface area (Å²) in [6.45, 7) is 0. The molecule has 3 N–H and O–H groups in total. The number of pyridine rings is 1. The van der Waals surface area contributed by atoms with Gasteiger partial charge in [-0.15, -0.1) is 0 Å². The summed E-state index contributed by atoms with van der Waals surface area (Å²) in [6, 6.07) is 9.63. The molecule has 0 aliphatic carbocycles. The molecule has 6 heteroatoms. The molecule has 1 heterocycles. The Morgan fingerprint density at radius 1 is 1.39 bits per heavy atom. The number of benzene rings is 1. The molecule has 0 radical (unpaired) electrons. The first kappa shape index (κ1) is 13.7. The highest BCUT2D eigenvalue weighted by Crippen LogP contribution is 2.25. The first-order valence-electron chi connectivity index (χ1n) is 5.05. The molecule has 18 heavy (non-hydrogen) atoms. The summed E-state index contributed by atoms with van der Waals surface area (Å²) in [4.78, 5) is 4.58. The fourth-order valence-corrected chi connectivity index (χ4v) is 2.29. The van der Waals surface area contributed by atoms with Crippen LogP contribution in [0.3, 0.4) is 0 Å². The zero-order valence-electron chi connectivity index (χ0n) is 9.15. The predicted molar refractivity (Wildman–Crippen MR) is 90.3 cm³/mol. The molecule has 1 aromatic carbocycles. The molecular formula is C12H9BrIN3S. The number of nitrogens with two attached hydrogens (primary N) is 1. The van der Waals surface area contributed by atoms with Crippen LogP contribution in [-0.4, -0.2) is 9.97 Å². The lowest BCUT2D eigenvalue weighted by molar-refractivity contribution is 1.29. The third-order valence-electron chi connectivity index (χ3n) is 2.26. The van der Waals surface area contributed by atoms with Crippen LogP contribution in [0, 0.1) is 3.57 Å². The van der Waals surface area contributed by atoms with Gasteiger partial charge >= 0.3 is 0 Å². The van der Waals surface area contributed by atoms with Crippen molar-refractivity contribution < 1.29 is 0 Å². The van der Waals surface area contributed by atoms with Gasteiger partial charge in [0, 0.05) is 19.9 Å². The first-order valence-corrected chi connectivity index (χ1v) is 7.33. The number of hydrogen-bond acceptors (Lipinski definition) is 3. The average molecular weight is 434 g/mol. The van der Waals surface area contributed by atoms with E-state index in [-0.39, 0.29) is 0 Å². The van der Waals surface area contributed by atoms with Crippen LogP contribution in [0.25, 0.3) is 0 Å². The van der Waals surface area contributed by atoms with Crippen LogP contribution in [0.1, 0.15) is 5.56 Å². The highest BCUT2D eigenvalue weighted by Gasteiger charge is 2.06. The Labute approximate surface area is 132 Å². The molecule has 0 fully saturated rings. The number of aromatic nitrogens is 1. The molecule has 2 aromatic rings. The van der Waals surface area contributed by atoms with E-state index in [2.05, 4.69) is 48.8 Å². The molecular weight excluding hydrogens is 425 g/mol. The van der Waals surface area contributed by atoms with E-state index in [0.717, 1.165) is 19.3 Å². The van der Waals surface area contributed by atoms with Gasteiger partial charge in [0.2, 0.25) is 0 Å². The van der Waals surface area contributed by atoms with Gasteiger partial charge < -0.3 is 11.1 Å². The third kappa shape index (κ3) is 3.18. The van der Waals surface area contributed by atoms with Gasteiger partial charge in [0.05, 0.1) is 5.56 Å². The van der Waals surface area contributed by atoms with Crippen molar-refractivity contribution in [3.05, 3.63) is 50.1 Å². The van der Waals surface area contributed by atoms with Gasteiger partial charge in [-0.1, -0.05) is 12.2 Å². The van der Waals surface area contributed by atoms with Crippen LogP contribution in [0.2, 0.25) is 0 Å². The normalized spacial score (nSPS) is 10.1. The maximum Gasteiger partial charge on any atom is 0.140 e. The molecule has 3 nitrogen and oxygen atoms in total. The van der Waals surface area contributed by atoms with E-state index < -0.39 is 0 Å². The number of hydrogen-bond donors (Lipinski definition) is 2. The molecule has 0 saturated heterocycles. The zero-order chi connectivity index (χ0) is 13.1. The second-order valence-corrected chi connectivity index (χ2v) is 5.97. The maximum atomic E-state index is 5.66. The van der Waals surface area contributed by atoms with Crippen LogP contribution in [-0.2, 0) is 0 Å². The summed E-state index contributed by atoms with van der Waals surface area (Å²) in [5.74, 6) is 0.665. The summed E-state index contributed by atoms with van der Waals surface area (Å²) < 4.78 is 2.18. The largest absolute Gasteiger partial charge is 0.389 e. The summed E-state index contributed by atoms with van der Waals surface area (Å²) >= 11 is 10.7. The number of nitrogens with one attached hydrogen (secondary N) is 1. The quantitative estimate of drug-likeness (QED) is 0.570. The molecule has 0 unspecified atom stereocenters. The minimum absolute atomic E-state index is 0.329. The van der Waals surface area contributed by atoms with Gasteiger partial charge in [0.15, 0.2) is 0 Å². The Morgan fingerprint density at radius 3 is 2.83 bits per heavy atom. The Hall–Kier alpha value is -0.730. The highest BCUT2D eigenvalue weighted by molar-refractivity contribution is 14.1. The lowest BCUT2D eigenvalue weighted by Gasteiger charge is -2.10. The smallest absolute Gasteiger partial charge is 0.140 e. The van der Waals surface area contributed by atoms with Gasteiger partial charge in [0.25, 0.3) is 0 Å². The van der Waals surface area contributed by atoms with E-state index >= 15 is 0 Å². The van der Waals surface area contributed by atoms with Crippen LogP contribution in [0.15, 0.2) is 41.0 Å². The second kappa shape index (κ2) is 5.94. The lowest BCUT2D eigenvalue weighted by Crippen LogP contribution is -2.12. The van der Waals surface area contributed by atoms with E-state index in [1.807, 2.05) is 30.3 Å². The van der Waals surface area contributed by atoms with E-state index in [1.54, 1.807) is 6.20 Å². The van der Waals surface area contributed by atoms with Crippen molar-refractivity contribution in [1.82, 2.24) is 4.98 Å². The number of thiocarbonyl (C=S) groups is 1.